The first-order chi connectivity index (χ1) is 4.79. The van der Waals surface area contributed by atoms with Crippen LogP contribution in [0.2, 0.25) is 0 Å². The topological polar surface area (TPSA) is 83.8 Å². The van der Waals surface area contributed by atoms with Crippen molar-refractivity contribution in [1.82, 2.24) is 0 Å². The van der Waals surface area contributed by atoms with Crippen molar-refractivity contribution in [3.8, 4) is 0 Å². The van der Waals surface area contributed by atoms with E-state index in [2.05, 4.69) is 4.18 Å². The van der Waals surface area contributed by atoms with Crippen LogP contribution in [0.4, 0.5) is 8.39 Å². The van der Waals surface area contributed by atoms with Crippen LogP contribution in [0, 0.1) is 0 Å². The normalized spacial score (nSPS) is 10.7. The number of halogens is 2. The lowest BCUT2D eigenvalue weighted by atomic mass is 10.9. The van der Waals surface area contributed by atoms with Gasteiger partial charge >= 0.3 is 19.2 Å². The highest BCUT2D eigenvalue weighted by Crippen LogP contribution is 2.31. The molecule has 2 N–H and O–H groups in total. The number of hydrogen-bond acceptors (Lipinski definition) is 4. The molecule has 0 rings (SSSR count). The molecule has 0 aliphatic heterocycles. The molecule has 11 heavy (non-hydrogen) atoms. The van der Waals surface area contributed by atoms with E-state index in [0.29, 0.717) is 0 Å². The average Bonchev–Trinajstić information content (AvgIpc) is 1.58. The fourth-order valence-corrected chi connectivity index (χ4v) is 0.447. The molecule has 0 bridgehead atoms. The first kappa shape index (κ1) is 13.7. The zero-order chi connectivity index (χ0) is 9.49. The lowest BCUT2D eigenvalue weighted by molar-refractivity contribution is 0.283. The third kappa shape index (κ3) is 39.3. The van der Waals surface area contributed by atoms with E-state index >= 15 is 0 Å². The van der Waals surface area contributed by atoms with Gasteiger partial charge in [-0.1, -0.05) is 0 Å². The van der Waals surface area contributed by atoms with Gasteiger partial charge in [0.25, 0.3) is 0 Å². The third-order valence-electron chi connectivity index (χ3n) is 0.267. The van der Waals surface area contributed by atoms with E-state index in [1.165, 1.54) is 6.92 Å². The van der Waals surface area contributed by atoms with Crippen molar-refractivity contribution < 1.29 is 30.4 Å². The SMILES string of the molecule is CCOS(=O)(=O)O.OP(F)F. The highest BCUT2D eigenvalue weighted by Gasteiger charge is 1.98. The molecule has 0 aromatic carbocycles. The molecule has 0 aliphatic rings. The first-order valence-electron chi connectivity index (χ1n) is 2.22. The summed E-state index contributed by atoms with van der Waals surface area (Å²) >= 11 is 0. The molecular weight excluding hydrogens is 205 g/mol. The molecule has 9 heteroatoms. The molecule has 70 valence electrons. The smallest absolute Gasteiger partial charge is 0.321 e. The fraction of sp³-hybridized carbons (Fsp3) is 1.00. The molecule has 0 amide bonds. The van der Waals surface area contributed by atoms with Crippen LogP contribution in [0.1, 0.15) is 6.92 Å². The second-order valence-corrected chi connectivity index (χ2v) is 2.57. The van der Waals surface area contributed by atoms with Crippen LogP contribution in [-0.4, -0.2) is 24.5 Å². The summed E-state index contributed by atoms with van der Waals surface area (Å²) in [6.07, 6.45) is 0. The molecule has 0 unspecified atom stereocenters. The second kappa shape index (κ2) is 6.81. The Morgan fingerprint density at radius 1 is 1.55 bits per heavy atom. The molecular formula is C2H7F2O5PS. The largest absolute Gasteiger partial charge is 0.412 e. The van der Waals surface area contributed by atoms with Gasteiger partial charge in [0, 0.05) is 0 Å². The lowest BCUT2D eigenvalue weighted by Gasteiger charge is -1.88. The molecule has 0 atom stereocenters. The summed E-state index contributed by atoms with van der Waals surface area (Å²) in [7, 11) is -7.79. The van der Waals surface area contributed by atoms with Gasteiger partial charge in [0.2, 0.25) is 0 Å². The molecule has 0 aromatic heterocycles. The molecule has 5 nitrogen and oxygen atoms in total. The van der Waals surface area contributed by atoms with Crippen molar-refractivity contribution in [2.45, 2.75) is 6.92 Å². The van der Waals surface area contributed by atoms with E-state index in [4.69, 9.17) is 9.45 Å². The van der Waals surface area contributed by atoms with Crippen LogP contribution >= 0.6 is 8.77 Å². The van der Waals surface area contributed by atoms with Gasteiger partial charge in [0.1, 0.15) is 0 Å². The first-order valence-corrected chi connectivity index (χ1v) is 4.66. The van der Waals surface area contributed by atoms with Crippen LogP contribution in [-0.2, 0) is 14.6 Å². The van der Waals surface area contributed by atoms with Crippen molar-refractivity contribution in [2.75, 3.05) is 6.61 Å². The minimum absolute atomic E-state index is 0.0289. The predicted molar refractivity (Wildman–Crippen MR) is 34.5 cm³/mol. The molecule has 0 saturated heterocycles. The minimum atomic E-state index is -4.17. The maximum Gasteiger partial charge on any atom is 0.412 e. The average molecular weight is 212 g/mol. The van der Waals surface area contributed by atoms with Crippen molar-refractivity contribution >= 4 is 19.2 Å². The van der Waals surface area contributed by atoms with Gasteiger partial charge < -0.3 is 4.89 Å². The van der Waals surface area contributed by atoms with Gasteiger partial charge in [-0.2, -0.15) is 16.8 Å². The fourth-order valence-electron chi connectivity index (χ4n) is 0.149. The Labute approximate surface area is 64.0 Å². The van der Waals surface area contributed by atoms with Gasteiger partial charge in [-0.05, 0) is 6.92 Å². The van der Waals surface area contributed by atoms with Gasteiger partial charge in [-0.3, -0.25) is 4.55 Å². The minimum Gasteiger partial charge on any atom is -0.321 e. The Balaban J connectivity index is 0. The van der Waals surface area contributed by atoms with E-state index in [-0.39, 0.29) is 6.61 Å². The summed E-state index contributed by atoms with van der Waals surface area (Å²) in [5.74, 6) is 0. The Morgan fingerprint density at radius 3 is 1.82 bits per heavy atom. The van der Waals surface area contributed by atoms with Crippen molar-refractivity contribution in [1.29, 1.82) is 0 Å². The maximum atomic E-state index is 9.95. The quantitative estimate of drug-likeness (QED) is 0.526. The van der Waals surface area contributed by atoms with Gasteiger partial charge in [0.05, 0.1) is 6.61 Å². The van der Waals surface area contributed by atoms with E-state index in [0.717, 1.165) is 0 Å². The summed E-state index contributed by atoms with van der Waals surface area (Å²) in [6, 6.07) is 0. The standard InChI is InChI=1S/C2H6O4S.F2HOP/c1-2-6-7(3,4)5;1-4(2)3/h2H2,1H3,(H,3,4,5);3H. The van der Waals surface area contributed by atoms with E-state index in [1.54, 1.807) is 0 Å². The van der Waals surface area contributed by atoms with Crippen molar-refractivity contribution in [3.63, 3.8) is 0 Å². The summed E-state index contributed by atoms with van der Waals surface area (Å²) in [6.45, 7) is 1.44. The Kier molecular flexibility index (Phi) is 8.47. The summed E-state index contributed by atoms with van der Waals surface area (Å²) < 4.78 is 50.6. The number of hydrogen-bond donors (Lipinski definition) is 2. The van der Waals surface area contributed by atoms with Gasteiger partial charge in [-0.25, -0.2) is 4.18 Å². The molecule has 0 saturated carbocycles. The molecule has 0 radical (unpaired) electrons. The monoisotopic (exact) mass is 212 g/mol. The zero-order valence-electron chi connectivity index (χ0n) is 5.44. The van der Waals surface area contributed by atoms with Gasteiger partial charge in [-0.15, -0.1) is 0 Å². The van der Waals surface area contributed by atoms with E-state index < -0.39 is 19.2 Å². The Morgan fingerprint density at radius 2 is 1.82 bits per heavy atom. The maximum absolute atomic E-state index is 9.95. The molecule has 0 aromatic rings. The van der Waals surface area contributed by atoms with Crippen molar-refractivity contribution in [3.05, 3.63) is 0 Å². The summed E-state index contributed by atoms with van der Waals surface area (Å²) in [5.41, 5.74) is 0. The van der Waals surface area contributed by atoms with Crippen LogP contribution in [0.5, 0.6) is 0 Å². The van der Waals surface area contributed by atoms with Crippen molar-refractivity contribution in [2.24, 2.45) is 0 Å². The molecule has 0 spiro atoms. The predicted octanol–water partition coefficient (Wildman–Crippen LogP) is 0.970. The summed E-state index contributed by atoms with van der Waals surface area (Å²) in [4.78, 5) is 6.79. The van der Waals surface area contributed by atoms with Crippen LogP contribution in [0.15, 0.2) is 0 Å². The van der Waals surface area contributed by atoms with Crippen LogP contribution in [0.25, 0.3) is 0 Å². The molecule has 0 heterocycles. The Hall–Kier alpha value is 0.120. The van der Waals surface area contributed by atoms with Crippen LogP contribution in [0.3, 0.4) is 0 Å². The highest BCUT2D eigenvalue weighted by molar-refractivity contribution is 7.80. The van der Waals surface area contributed by atoms with Gasteiger partial charge in [0.15, 0.2) is 0 Å². The third-order valence-corrected chi connectivity index (χ3v) is 0.800. The summed E-state index contributed by atoms with van der Waals surface area (Å²) in [5, 5.41) is 0. The number of rotatable bonds is 2. The second-order valence-electron chi connectivity index (χ2n) is 1.05. The highest BCUT2D eigenvalue weighted by atomic mass is 32.3. The Bertz CT molecular complexity index is 165. The zero-order valence-corrected chi connectivity index (χ0v) is 7.15. The lowest BCUT2D eigenvalue weighted by Crippen LogP contribution is -2.01. The molecule has 0 aliphatic carbocycles. The van der Waals surface area contributed by atoms with E-state index in [1.807, 2.05) is 0 Å². The molecule has 0 fully saturated rings. The van der Waals surface area contributed by atoms with Crippen LogP contribution < -0.4 is 0 Å². The van der Waals surface area contributed by atoms with E-state index in [9.17, 15) is 16.8 Å².